The molecule has 0 aliphatic rings. The van der Waals surface area contributed by atoms with Gasteiger partial charge in [-0.2, -0.15) is 0 Å². The number of nitrogens with one attached hydrogen (secondary N) is 3. The number of ether oxygens (including phenoxy) is 3. The largest absolute Gasteiger partial charge is 0.508 e. The van der Waals surface area contributed by atoms with Crippen molar-refractivity contribution in [2.45, 2.75) is 18.4 Å². The molecule has 0 fully saturated rings. The molecule has 0 saturated carbocycles. The van der Waals surface area contributed by atoms with E-state index in [2.05, 4.69) is 25.4 Å². The first kappa shape index (κ1) is 28.3. The van der Waals surface area contributed by atoms with Crippen LogP contribution in [0.4, 0.5) is 21.0 Å². The van der Waals surface area contributed by atoms with Gasteiger partial charge in [-0.15, -0.1) is 0 Å². The minimum atomic E-state index is -0.713. The SMILES string of the molecule is COC(=O)Nc1ccc(C(CCNCC(O)COc2ccc(O)cc2)c2ccc(NC(=O)OC)cc2)cc1. The summed E-state index contributed by atoms with van der Waals surface area (Å²) in [6.07, 6.45) is -1.08. The number of methoxy groups -OCH3 is 2. The van der Waals surface area contributed by atoms with Gasteiger partial charge < -0.3 is 29.7 Å². The van der Waals surface area contributed by atoms with Gasteiger partial charge in [0.05, 0.1) is 14.2 Å². The number of anilines is 2. The normalized spacial score (nSPS) is 11.5. The Balaban J connectivity index is 1.61. The van der Waals surface area contributed by atoms with Crippen LogP contribution in [0.2, 0.25) is 0 Å². The second-order valence-corrected chi connectivity index (χ2v) is 8.48. The molecule has 3 rings (SSSR count). The van der Waals surface area contributed by atoms with E-state index >= 15 is 0 Å². The number of rotatable bonds is 12. The Morgan fingerprint density at radius 2 is 1.29 bits per heavy atom. The second-order valence-electron chi connectivity index (χ2n) is 8.48. The summed E-state index contributed by atoms with van der Waals surface area (Å²) in [7, 11) is 2.61. The van der Waals surface area contributed by atoms with Gasteiger partial charge in [-0.25, -0.2) is 9.59 Å². The number of phenolic OH excluding ortho intramolecular Hbond substituents is 1. The maximum absolute atomic E-state index is 11.5. The van der Waals surface area contributed by atoms with E-state index in [1.165, 1.54) is 26.4 Å². The van der Waals surface area contributed by atoms with Crippen molar-refractivity contribution in [3.05, 3.63) is 83.9 Å². The van der Waals surface area contributed by atoms with Crippen LogP contribution in [-0.4, -0.2) is 62.4 Å². The van der Waals surface area contributed by atoms with Crippen LogP contribution in [0.1, 0.15) is 23.5 Å². The molecule has 0 bridgehead atoms. The highest BCUT2D eigenvalue weighted by Crippen LogP contribution is 2.30. The fourth-order valence-corrected chi connectivity index (χ4v) is 3.77. The van der Waals surface area contributed by atoms with Crippen LogP contribution < -0.4 is 20.7 Å². The molecule has 2 amide bonds. The molecule has 0 saturated heterocycles. The van der Waals surface area contributed by atoms with E-state index < -0.39 is 18.3 Å². The maximum atomic E-state index is 11.5. The zero-order chi connectivity index (χ0) is 27.3. The van der Waals surface area contributed by atoms with E-state index in [1.807, 2.05) is 48.5 Å². The molecular weight excluding hydrogens is 490 g/mol. The van der Waals surface area contributed by atoms with Crippen molar-refractivity contribution in [2.24, 2.45) is 0 Å². The monoisotopic (exact) mass is 523 g/mol. The van der Waals surface area contributed by atoms with Crippen LogP contribution >= 0.6 is 0 Å². The van der Waals surface area contributed by atoms with Crippen molar-refractivity contribution in [1.29, 1.82) is 0 Å². The van der Waals surface area contributed by atoms with Gasteiger partial charge in [0.2, 0.25) is 0 Å². The molecular formula is C28H33N3O7. The molecule has 1 unspecified atom stereocenters. The summed E-state index contributed by atoms with van der Waals surface area (Å²) in [6.45, 7) is 1.07. The fraction of sp³-hybridized carbons (Fsp3) is 0.286. The van der Waals surface area contributed by atoms with Crippen molar-refractivity contribution in [1.82, 2.24) is 5.32 Å². The topological polar surface area (TPSA) is 138 Å². The molecule has 0 spiro atoms. The first-order valence-corrected chi connectivity index (χ1v) is 12.1. The van der Waals surface area contributed by atoms with E-state index in [-0.39, 0.29) is 18.3 Å². The lowest BCUT2D eigenvalue weighted by Crippen LogP contribution is -2.32. The summed E-state index contributed by atoms with van der Waals surface area (Å²) >= 11 is 0. The summed E-state index contributed by atoms with van der Waals surface area (Å²) in [4.78, 5) is 23.0. The third kappa shape index (κ3) is 8.99. The molecule has 0 aliphatic heterocycles. The molecule has 38 heavy (non-hydrogen) atoms. The van der Waals surface area contributed by atoms with Crippen LogP contribution in [0.25, 0.3) is 0 Å². The lowest BCUT2D eigenvalue weighted by Gasteiger charge is -2.20. The Bertz CT molecular complexity index is 1090. The Morgan fingerprint density at radius 3 is 1.76 bits per heavy atom. The number of carbonyl (C=O) groups is 2. The third-order valence-electron chi connectivity index (χ3n) is 5.76. The van der Waals surface area contributed by atoms with Crippen LogP contribution in [-0.2, 0) is 9.47 Å². The van der Waals surface area contributed by atoms with Crippen molar-refractivity contribution in [3.63, 3.8) is 0 Å². The molecule has 0 aliphatic carbocycles. The molecule has 10 heteroatoms. The summed E-state index contributed by atoms with van der Waals surface area (Å²) in [5.41, 5.74) is 3.30. The number of phenols is 1. The van der Waals surface area contributed by atoms with E-state index in [0.717, 1.165) is 17.5 Å². The standard InChI is InChI=1S/C28H33N3O7/c1-36-27(34)30-21-7-3-19(4-8-21)26(20-5-9-22(10-6-20)31-28(35)37-2)15-16-29-17-24(33)18-38-25-13-11-23(32)12-14-25/h3-14,24,26,29,32-33H,15-18H2,1-2H3,(H,30,34)(H,31,35). The highest BCUT2D eigenvalue weighted by molar-refractivity contribution is 5.85. The van der Waals surface area contributed by atoms with Crippen molar-refractivity contribution in [3.8, 4) is 11.5 Å². The average molecular weight is 524 g/mol. The lowest BCUT2D eigenvalue weighted by molar-refractivity contribution is 0.106. The second kappa shape index (κ2) is 14.5. The molecule has 0 aromatic heterocycles. The number of hydrogen-bond acceptors (Lipinski definition) is 8. The van der Waals surface area contributed by atoms with Crippen molar-refractivity contribution in [2.75, 3.05) is 44.5 Å². The maximum Gasteiger partial charge on any atom is 0.411 e. The van der Waals surface area contributed by atoms with E-state index in [9.17, 15) is 19.8 Å². The Labute approximate surface area is 221 Å². The van der Waals surface area contributed by atoms with Gasteiger partial charge >= 0.3 is 12.2 Å². The predicted octanol–water partition coefficient (Wildman–Crippen LogP) is 4.30. The predicted molar refractivity (Wildman–Crippen MR) is 144 cm³/mol. The van der Waals surface area contributed by atoms with Crippen molar-refractivity contribution < 1.29 is 34.0 Å². The number of amides is 2. The van der Waals surface area contributed by atoms with Crippen LogP contribution in [0, 0.1) is 0 Å². The summed E-state index contributed by atoms with van der Waals surface area (Å²) < 4.78 is 14.8. The summed E-state index contributed by atoms with van der Waals surface area (Å²) in [6, 6.07) is 21.3. The quantitative estimate of drug-likeness (QED) is 0.222. The Morgan fingerprint density at radius 1 is 0.789 bits per heavy atom. The molecule has 202 valence electrons. The van der Waals surface area contributed by atoms with Gasteiger partial charge in [0, 0.05) is 23.8 Å². The Kier molecular flexibility index (Phi) is 10.8. The van der Waals surface area contributed by atoms with Gasteiger partial charge in [-0.1, -0.05) is 24.3 Å². The number of carbonyl (C=O) groups excluding carboxylic acids is 2. The molecule has 3 aromatic rings. The average Bonchev–Trinajstić information content (AvgIpc) is 2.94. The van der Waals surface area contributed by atoms with Gasteiger partial charge in [0.15, 0.2) is 0 Å². The molecule has 1 atom stereocenters. The van der Waals surface area contributed by atoms with Gasteiger partial charge in [-0.05, 0) is 72.6 Å². The van der Waals surface area contributed by atoms with E-state index in [1.54, 1.807) is 12.1 Å². The molecule has 3 aromatic carbocycles. The molecule has 10 nitrogen and oxygen atoms in total. The highest BCUT2D eigenvalue weighted by Gasteiger charge is 2.16. The zero-order valence-corrected chi connectivity index (χ0v) is 21.3. The van der Waals surface area contributed by atoms with Gasteiger partial charge in [-0.3, -0.25) is 10.6 Å². The van der Waals surface area contributed by atoms with E-state index in [4.69, 9.17) is 4.74 Å². The number of benzene rings is 3. The van der Waals surface area contributed by atoms with Crippen LogP contribution in [0.3, 0.4) is 0 Å². The molecule has 5 N–H and O–H groups in total. The van der Waals surface area contributed by atoms with Crippen LogP contribution in [0.15, 0.2) is 72.8 Å². The zero-order valence-electron chi connectivity index (χ0n) is 21.3. The highest BCUT2D eigenvalue weighted by atomic mass is 16.5. The third-order valence-corrected chi connectivity index (χ3v) is 5.76. The summed E-state index contributed by atoms with van der Waals surface area (Å²) in [5.74, 6) is 0.724. The molecule has 0 heterocycles. The number of aliphatic hydroxyl groups is 1. The fourth-order valence-electron chi connectivity index (χ4n) is 3.77. The van der Waals surface area contributed by atoms with Crippen molar-refractivity contribution >= 4 is 23.6 Å². The first-order valence-electron chi connectivity index (χ1n) is 12.1. The smallest absolute Gasteiger partial charge is 0.411 e. The van der Waals surface area contributed by atoms with Gasteiger partial charge in [0.1, 0.15) is 24.2 Å². The number of aliphatic hydroxyl groups excluding tert-OH is 1. The Hall–Kier alpha value is -4.28. The minimum Gasteiger partial charge on any atom is -0.508 e. The van der Waals surface area contributed by atoms with Gasteiger partial charge in [0.25, 0.3) is 0 Å². The minimum absolute atomic E-state index is 0.00671. The summed E-state index contributed by atoms with van der Waals surface area (Å²) in [5, 5.41) is 28.2. The number of hydrogen-bond donors (Lipinski definition) is 5. The first-order chi connectivity index (χ1) is 18.4. The van der Waals surface area contributed by atoms with Crippen LogP contribution in [0.5, 0.6) is 11.5 Å². The van der Waals surface area contributed by atoms with E-state index in [0.29, 0.717) is 30.2 Å². The lowest BCUT2D eigenvalue weighted by atomic mass is 9.88. The molecule has 0 radical (unpaired) electrons. The number of aromatic hydroxyl groups is 1.